The molecule has 0 spiro atoms. The normalized spacial score (nSPS) is 10.9. The second-order valence-electron chi connectivity index (χ2n) is 4.59. The van der Waals surface area contributed by atoms with Gasteiger partial charge in [-0.15, -0.1) is 0 Å². The van der Waals surface area contributed by atoms with E-state index in [1.165, 1.54) is 11.1 Å². The smallest absolute Gasteiger partial charge is 0.0857 e. The highest BCUT2D eigenvalue weighted by molar-refractivity contribution is 9.10. The molecule has 2 nitrogen and oxygen atoms in total. The van der Waals surface area contributed by atoms with E-state index in [1.54, 1.807) is 0 Å². The summed E-state index contributed by atoms with van der Waals surface area (Å²) >= 11 is 3.44. The van der Waals surface area contributed by atoms with Crippen LogP contribution in [0.4, 0.5) is 11.4 Å². The third-order valence-corrected chi connectivity index (χ3v) is 3.61. The molecular weight excluding hydrogens is 324 g/mol. The van der Waals surface area contributed by atoms with Gasteiger partial charge in [-0.3, -0.25) is 0 Å². The molecule has 0 unspecified atom stereocenters. The van der Waals surface area contributed by atoms with E-state index in [9.17, 15) is 0 Å². The Kier molecular flexibility index (Phi) is 4.22. The summed E-state index contributed by atoms with van der Waals surface area (Å²) in [7, 11) is 0. The molecule has 0 saturated carbocycles. The zero-order valence-corrected chi connectivity index (χ0v) is 12.9. The van der Waals surface area contributed by atoms with Crippen LogP contribution in [-0.2, 0) is 0 Å². The number of azo groups is 1. The molecule has 3 aromatic rings. The minimum atomic E-state index is 0.847. The van der Waals surface area contributed by atoms with Crippen LogP contribution in [0.3, 0.4) is 0 Å². The van der Waals surface area contributed by atoms with Crippen molar-refractivity contribution in [1.29, 1.82) is 0 Å². The minimum absolute atomic E-state index is 0.847. The number of nitrogens with zero attached hydrogens (tertiary/aromatic N) is 2. The second-order valence-corrected chi connectivity index (χ2v) is 5.50. The van der Waals surface area contributed by atoms with Gasteiger partial charge < -0.3 is 0 Å². The summed E-state index contributed by atoms with van der Waals surface area (Å²) < 4.78 is 1.08. The zero-order chi connectivity index (χ0) is 14.5. The van der Waals surface area contributed by atoms with Crippen LogP contribution in [0, 0.1) is 0 Å². The van der Waals surface area contributed by atoms with Gasteiger partial charge in [0.05, 0.1) is 11.4 Å². The van der Waals surface area contributed by atoms with Crippen LogP contribution in [0.1, 0.15) is 0 Å². The number of benzene rings is 3. The van der Waals surface area contributed by atoms with Crippen molar-refractivity contribution >= 4 is 27.3 Å². The van der Waals surface area contributed by atoms with Crippen molar-refractivity contribution < 1.29 is 0 Å². The number of hydrogen-bond acceptors (Lipinski definition) is 2. The first-order valence-electron chi connectivity index (χ1n) is 6.64. The number of hydrogen-bond donors (Lipinski definition) is 0. The summed E-state index contributed by atoms with van der Waals surface area (Å²) in [4.78, 5) is 0. The molecule has 0 bridgehead atoms. The SMILES string of the molecule is Brc1ccc(-c2ccc(/N=N/c3ccccc3)cc2)cc1. The largest absolute Gasteiger partial charge is 0.151 e. The van der Waals surface area contributed by atoms with E-state index < -0.39 is 0 Å². The lowest BCUT2D eigenvalue weighted by Gasteiger charge is -2.02. The lowest BCUT2D eigenvalue weighted by Crippen LogP contribution is -1.76. The summed E-state index contributed by atoms with van der Waals surface area (Å²) in [5.74, 6) is 0. The molecular formula is C18H13BrN2. The van der Waals surface area contributed by atoms with Crippen molar-refractivity contribution in [3.63, 3.8) is 0 Å². The predicted molar refractivity (Wildman–Crippen MR) is 90.2 cm³/mol. The molecule has 0 aliphatic rings. The van der Waals surface area contributed by atoms with Crippen molar-refractivity contribution in [3.8, 4) is 11.1 Å². The van der Waals surface area contributed by atoms with Crippen molar-refractivity contribution in [2.75, 3.05) is 0 Å². The summed E-state index contributed by atoms with van der Waals surface area (Å²) in [5.41, 5.74) is 4.06. The Balaban J connectivity index is 1.78. The van der Waals surface area contributed by atoms with Crippen LogP contribution in [0.15, 0.2) is 93.6 Å². The van der Waals surface area contributed by atoms with Gasteiger partial charge in [-0.2, -0.15) is 10.2 Å². The summed E-state index contributed by atoms with van der Waals surface area (Å²) in [6, 6.07) is 26.0. The van der Waals surface area contributed by atoms with Gasteiger partial charge >= 0.3 is 0 Å². The highest BCUT2D eigenvalue weighted by atomic mass is 79.9. The number of rotatable bonds is 3. The van der Waals surface area contributed by atoms with Crippen molar-refractivity contribution in [2.45, 2.75) is 0 Å². The lowest BCUT2D eigenvalue weighted by atomic mass is 10.1. The van der Waals surface area contributed by atoms with Crippen LogP contribution >= 0.6 is 15.9 Å². The topological polar surface area (TPSA) is 24.7 Å². The molecule has 3 heteroatoms. The molecule has 0 fully saturated rings. The van der Waals surface area contributed by atoms with Gasteiger partial charge in [-0.05, 0) is 47.5 Å². The van der Waals surface area contributed by atoms with E-state index in [2.05, 4.69) is 50.4 Å². The quantitative estimate of drug-likeness (QED) is 0.485. The third-order valence-electron chi connectivity index (χ3n) is 3.08. The van der Waals surface area contributed by atoms with E-state index in [0.29, 0.717) is 0 Å². The maximum atomic E-state index is 4.24. The maximum Gasteiger partial charge on any atom is 0.0857 e. The van der Waals surface area contributed by atoms with Gasteiger partial charge in [0, 0.05) is 4.47 Å². The summed E-state index contributed by atoms with van der Waals surface area (Å²) in [6.45, 7) is 0. The van der Waals surface area contributed by atoms with Crippen LogP contribution in [-0.4, -0.2) is 0 Å². The Morgan fingerprint density at radius 2 is 1.00 bits per heavy atom. The first-order chi connectivity index (χ1) is 10.3. The molecule has 0 aliphatic heterocycles. The predicted octanol–water partition coefficient (Wildman–Crippen LogP) is 6.53. The van der Waals surface area contributed by atoms with Gasteiger partial charge in [0.1, 0.15) is 0 Å². The Morgan fingerprint density at radius 1 is 0.524 bits per heavy atom. The van der Waals surface area contributed by atoms with Gasteiger partial charge in [-0.1, -0.05) is 58.4 Å². The fourth-order valence-electron chi connectivity index (χ4n) is 1.97. The van der Waals surface area contributed by atoms with E-state index in [4.69, 9.17) is 0 Å². The fourth-order valence-corrected chi connectivity index (χ4v) is 2.24. The van der Waals surface area contributed by atoms with Crippen LogP contribution in [0.2, 0.25) is 0 Å². The molecule has 0 amide bonds. The standard InChI is InChI=1S/C18H13BrN2/c19-16-10-6-14(7-11-16)15-8-12-18(13-9-15)21-20-17-4-2-1-3-5-17/h1-13H/b21-20+. The lowest BCUT2D eigenvalue weighted by molar-refractivity contribution is 1.23. The zero-order valence-electron chi connectivity index (χ0n) is 11.3. The molecule has 0 aromatic heterocycles. The summed E-state index contributed by atoms with van der Waals surface area (Å²) in [5, 5.41) is 8.45. The molecule has 0 aliphatic carbocycles. The molecule has 0 radical (unpaired) electrons. The van der Waals surface area contributed by atoms with E-state index in [-0.39, 0.29) is 0 Å². The van der Waals surface area contributed by atoms with Crippen molar-refractivity contribution in [2.24, 2.45) is 10.2 Å². The van der Waals surface area contributed by atoms with Crippen LogP contribution < -0.4 is 0 Å². The Bertz CT molecular complexity index is 732. The molecule has 3 aromatic carbocycles. The highest BCUT2D eigenvalue weighted by Gasteiger charge is 1.98. The van der Waals surface area contributed by atoms with Gasteiger partial charge in [-0.25, -0.2) is 0 Å². The van der Waals surface area contributed by atoms with E-state index >= 15 is 0 Å². The molecule has 0 heterocycles. The molecule has 0 atom stereocenters. The van der Waals surface area contributed by atoms with Gasteiger partial charge in [0.15, 0.2) is 0 Å². The van der Waals surface area contributed by atoms with E-state index in [0.717, 1.165) is 15.8 Å². The average molecular weight is 337 g/mol. The van der Waals surface area contributed by atoms with Crippen molar-refractivity contribution in [3.05, 3.63) is 83.3 Å². The fraction of sp³-hybridized carbons (Fsp3) is 0. The van der Waals surface area contributed by atoms with E-state index in [1.807, 2.05) is 54.6 Å². The maximum absolute atomic E-state index is 4.24. The Hall–Kier alpha value is -2.26. The molecule has 102 valence electrons. The Labute approximate surface area is 132 Å². The first kappa shape index (κ1) is 13.7. The minimum Gasteiger partial charge on any atom is -0.151 e. The second kappa shape index (κ2) is 6.46. The molecule has 3 rings (SSSR count). The van der Waals surface area contributed by atoms with Crippen molar-refractivity contribution in [1.82, 2.24) is 0 Å². The highest BCUT2D eigenvalue weighted by Crippen LogP contribution is 2.25. The average Bonchev–Trinajstić information content (AvgIpc) is 2.55. The molecule has 0 N–H and O–H groups in total. The van der Waals surface area contributed by atoms with Gasteiger partial charge in [0.25, 0.3) is 0 Å². The Morgan fingerprint density at radius 3 is 1.57 bits per heavy atom. The van der Waals surface area contributed by atoms with Crippen LogP contribution in [0.25, 0.3) is 11.1 Å². The molecule has 0 saturated heterocycles. The summed E-state index contributed by atoms with van der Waals surface area (Å²) in [6.07, 6.45) is 0. The first-order valence-corrected chi connectivity index (χ1v) is 7.43. The molecule has 21 heavy (non-hydrogen) atoms. The van der Waals surface area contributed by atoms with Gasteiger partial charge in [0.2, 0.25) is 0 Å². The number of halogens is 1. The monoisotopic (exact) mass is 336 g/mol. The third kappa shape index (κ3) is 3.64. The van der Waals surface area contributed by atoms with Crippen LogP contribution in [0.5, 0.6) is 0 Å².